The van der Waals surface area contributed by atoms with E-state index in [4.69, 9.17) is 4.52 Å². The Hall–Kier alpha value is -1.06. The minimum atomic E-state index is 0.519. The van der Waals surface area contributed by atoms with Crippen LogP contribution in [0.25, 0.3) is 0 Å². The lowest BCUT2D eigenvalue weighted by atomic mass is 10.0. The molecule has 0 bridgehead atoms. The third-order valence-corrected chi connectivity index (χ3v) is 3.45. The summed E-state index contributed by atoms with van der Waals surface area (Å²) in [6.45, 7) is 5.27. The van der Waals surface area contributed by atoms with Crippen molar-refractivity contribution in [3.8, 4) is 0 Å². The summed E-state index contributed by atoms with van der Waals surface area (Å²) in [6.07, 6.45) is 6.09. The molecule has 0 aliphatic heterocycles. The summed E-state index contributed by atoms with van der Waals surface area (Å²) >= 11 is 0. The SMILES string of the molecule is CCCNc1nc(C2CCC(CC)C2)no1. The maximum absolute atomic E-state index is 5.18. The summed E-state index contributed by atoms with van der Waals surface area (Å²) in [7, 11) is 0. The number of nitrogens with one attached hydrogen (secondary N) is 1. The van der Waals surface area contributed by atoms with Crippen molar-refractivity contribution in [3.63, 3.8) is 0 Å². The van der Waals surface area contributed by atoms with Crippen LogP contribution in [0.4, 0.5) is 6.01 Å². The monoisotopic (exact) mass is 223 g/mol. The number of hydrogen-bond acceptors (Lipinski definition) is 4. The molecule has 1 aliphatic rings. The number of aromatic nitrogens is 2. The van der Waals surface area contributed by atoms with Crippen molar-refractivity contribution < 1.29 is 4.52 Å². The topological polar surface area (TPSA) is 51.0 Å². The van der Waals surface area contributed by atoms with E-state index in [1.54, 1.807) is 0 Å². The zero-order valence-electron chi connectivity index (χ0n) is 10.2. The van der Waals surface area contributed by atoms with E-state index in [0.29, 0.717) is 11.9 Å². The molecule has 2 atom stereocenters. The molecule has 1 aliphatic carbocycles. The van der Waals surface area contributed by atoms with Gasteiger partial charge in [0.05, 0.1) is 0 Å². The zero-order valence-corrected chi connectivity index (χ0v) is 10.2. The molecule has 1 aromatic rings. The molecule has 4 heteroatoms. The second-order valence-corrected chi connectivity index (χ2v) is 4.67. The van der Waals surface area contributed by atoms with Crippen LogP contribution in [0, 0.1) is 5.92 Å². The summed E-state index contributed by atoms with van der Waals surface area (Å²) < 4.78 is 5.18. The van der Waals surface area contributed by atoms with Crippen molar-refractivity contribution >= 4 is 6.01 Å². The highest BCUT2D eigenvalue weighted by Gasteiger charge is 2.28. The predicted octanol–water partition coefficient (Wildman–Crippen LogP) is 3.19. The quantitative estimate of drug-likeness (QED) is 0.833. The van der Waals surface area contributed by atoms with E-state index in [1.165, 1.54) is 25.7 Å². The Bertz CT molecular complexity index is 324. The lowest BCUT2D eigenvalue weighted by molar-refractivity contribution is 0.413. The van der Waals surface area contributed by atoms with Crippen molar-refractivity contribution in [2.75, 3.05) is 11.9 Å². The Morgan fingerprint density at radius 2 is 2.25 bits per heavy atom. The molecule has 4 nitrogen and oxygen atoms in total. The molecule has 2 rings (SSSR count). The van der Waals surface area contributed by atoms with Gasteiger partial charge in [0.25, 0.3) is 0 Å². The van der Waals surface area contributed by atoms with Crippen LogP contribution in [-0.4, -0.2) is 16.7 Å². The van der Waals surface area contributed by atoms with Gasteiger partial charge in [-0.05, 0) is 31.6 Å². The molecular formula is C12H21N3O. The van der Waals surface area contributed by atoms with Gasteiger partial charge in [-0.15, -0.1) is 0 Å². The Kier molecular flexibility index (Phi) is 3.80. The van der Waals surface area contributed by atoms with Gasteiger partial charge >= 0.3 is 6.01 Å². The van der Waals surface area contributed by atoms with Crippen molar-refractivity contribution in [1.29, 1.82) is 0 Å². The van der Waals surface area contributed by atoms with Crippen molar-refractivity contribution in [1.82, 2.24) is 10.1 Å². The Morgan fingerprint density at radius 1 is 1.38 bits per heavy atom. The molecule has 0 spiro atoms. The fraction of sp³-hybridized carbons (Fsp3) is 0.833. The van der Waals surface area contributed by atoms with Gasteiger partial charge in [-0.3, -0.25) is 0 Å². The van der Waals surface area contributed by atoms with E-state index in [2.05, 4.69) is 29.3 Å². The standard InChI is InChI=1S/C12H21N3O/c1-3-7-13-12-14-11(15-16-12)10-6-5-9(4-2)8-10/h9-10H,3-8H2,1-2H3,(H,13,14,15). The molecule has 1 saturated carbocycles. The smallest absolute Gasteiger partial charge is 0.321 e. The summed E-state index contributed by atoms with van der Waals surface area (Å²) in [5, 5.41) is 7.19. The zero-order chi connectivity index (χ0) is 11.4. The predicted molar refractivity (Wildman–Crippen MR) is 63.5 cm³/mol. The van der Waals surface area contributed by atoms with Crippen LogP contribution < -0.4 is 5.32 Å². The van der Waals surface area contributed by atoms with Crippen LogP contribution in [-0.2, 0) is 0 Å². The number of anilines is 1. The molecule has 16 heavy (non-hydrogen) atoms. The summed E-state index contributed by atoms with van der Waals surface area (Å²) in [6, 6.07) is 0.580. The van der Waals surface area contributed by atoms with Crippen LogP contribution >= 0.6 is 0 Å². The van der Waals surface area contributed by atoms with Gasteiger partial charge in [0.15, 0.2) is 5.82 Å². The molecule has 1 heterocycles. The molecule has 0 saturated heterocycles. The van der Waals surface area contributed by atoms with Crippen molar-refractivity contribution in [2.24, 2.45) is 5.92 Å². The van der Waals surface area contributed by atoms with Crippen LogP contribution in [0.15, 0.2) is 4.52 Å². The fourth-order valence-electron chi connectivity index (χ4n) is 2.38. The lowest BCUT2D eigenvalue weighted by Crippen LogP contribution is -2.01. The molecule has 1 aromatic heterocycles. The largest absolute Gasteiger partial charge is 0.338 e. The van der Waals surface area contributed by atoms with Crippen LogP contribution in [0.1, 0.15) is 57.7 Å². The van der Waals surface area contributed by atoms with E-state index in [0.717, 1.165) is 24.7 Å². The van der Waals surface area contributed by atoms with Crippen LogP contribution in [0.5, 0.6) is 0 Å². The molecule has 1 N–H and O–H groups in total. The van der Waals surface area contributed by atoms with Gasteiger partial charge in [-0.25, -0.2) is 0 Å². The molecule has 2 unspecified atom stereocenters. The van der Waals surface area contributed by atoms with Gasteiger partial charge in [-0.1, -0.05) is 25.4 Å². The first-order chi connectivity index (χ1) is 7.83. The van der Waals surface area contributed by atoms with Gasteiger partial charge in [0, 0.05) is 12.5 Å². The Labute approximate surface area is 96.8 Å². The molecule has 1 fully saturated rings. The molecule has 0 radical (unpaired) electrons. The number of hydrogen-bond donors (Lipinski definition) is 1. The minimum absolute atomic E-state index is 0.519. The van der Waals surface area contributed by atoms with Gasteiger partial charge in [0.1, 0.15) is 0 Å². The van der Waals surface area contributed by atoms with Crippen LogP contribution in [0.2, 0.25) is 0 Å². The third kappa shape index (κ3) is 2.54. The van der Waals surface area contributed by atoms with Gasteiger partial charge in [0.2, 0.25) is 0 Å². The highest BCUT2D eigenvalue weighted by Crippen LogP contribution is 2.38. The Balaban J connectivity index is 1.92. The summed E-state index contributed by atoms with van der Waals surface area (Å²) in [5.74, 6) is 2.27. The van der Waals surface area contributed by atoms with Crippen molar-refractivity contribution in [3.05, 3.63) is 5.82 Å². The molecule has 0 aromatic carbocycles. The van der Waals surface area contributed by atoms with Crippen LogP contribution in [0.3, 0.4) is 0 Å². The first-order valence-electron chi connectivity index (χ1n) is 6.41. The maximum Gasteiger partial charge on any atom is 0.321 e. The van der Waals surface area contributed by atoms with E-state index < -0.39 is 0 Å². The number of rotatable bonds is 5. The first kappa shape index (κ1) is 11.4. The lowest BCUT2D eigenvalue weighted by Gasteiger charge is -2.04. The molecule has 0 amide bonds. The normalized spacial score (nSPS) is 24.9. The average molecular weight is 223 g/mol. The van der Waals surface area contributed by atoms with Crippen molar-refractivity contribution in [2.45, 2.75) is 51.9 Å². The number of nitrogens with zero attached hydrogens (tertiary/aromatic N) is 2. The molecule has 90 valence electrons. The fourth-order valence-corrected chi connectivity index (χ4v) is 2.38. The average Bonchev–Trinajstić information content (AvgIpc) is 2.94. The third-order valence-electron chi connectivity index (χ3n) is 3.45. The Morgan fingerprint density at radius 3 is 2.94 bits per heavy atom. The second-order valence-electron chi connectivity index (χ2n) is 4.67. The van der Waals surface area contributed by atoms with E-state index >= 15 is 0 Å². The minimum Gasteiger partial charge on any atom is -0.338 e. The second kappa shape index (κ2) is 5.32. The maximum atomic E-state index is 5.18. The van der Waals surface area contributed by atoms with E-state index in [-0.39, 0.29) is 0 Å². The first-order valence-corrected chi connectivity index (χ1v) is 6.41. The summed E-state index contributed by atoms with van der Waals surface area (Å²) in [5.41, 5.74) is 0. The summed E-state index contributed by atoms with van der Waals surface area (Å²) in [4.78, 5) is 4.41. The highest BCUT2D eigenvalue weighted by molar-refractivity contribution is 5.19. The van der Waals surface area contributed by atoms with Gasteiger partial charge < -0.3 is 9.84 Å². The highest BCUT2D eigenvalue weighted by atomic mass is 16.5. The molecular weight excluding hydrogens is 202 g/mol. The van der Waals surface area contributed by atoms with E-state index in [1.807, 2.05) is 0 Å². The van der Waals surface area contributed by atoms with Gasteiger partial charge in [-0.2, -0.15) is 4.98 Å². The van der Waals surface area contributed by atoms with E-state index in [9.17, 15) is 0 Å².